The monoisotopic (exact) mass is 432 g/mol. The molecule has 0 saturated carbocycles. The molecular weight excluding hydrogens is 419 g/mol. The van der Waals surface area contributed by atoms with E-state index in [0.29, 0.717) is 5.56 Å². The average molecular weight is 432 g/mol. The van der Waals surface area contributed by atoms with E-state index in [1.54, 1.807) is 11.3 Å². The Balaban J connectivity index is 1.86. The zero-order valence-electron chi connectivity index (χ0n) is 12.1. The summed E-state index contributed by atoms with van der Waals surface area (Å²) in [5.74, 6) is 0.0268. The van der Waals surface area contributed by atoms with Crippen LogP contribution in [0, 0.1) is 2.88 Å². The summed E-state index contributed by atoms with van der Waals surface area (Å²) < 4.78 is 1.21. The van der Waals surface area contributed by atoms with Crippen LogP contribution < -0.4 is 10.2 Å². The Labute approximate surface area is 152 Å². The van der Waals surface area contributed by atoms with Crippen molar-refractivity contribution >= 4 is 51.2 Å². The number of nitrogens with zero attached hydrogens (tertiary/aromatic N) is 1. The Bertz CT molecular complexity index is 862. The van der Waals surface area contributed by atoms with Gasteiger partial charge in [0.05, 0.1) is 8.45 Å². The topological polar surface area (TPSA) is 32.3 Å². The molecule has 0 aliphatic carbocycles. The van der Waals surface area contributed by atoms with Crippen molar-refractivity contribution in [2.24, 2.45) is 0 Å². The van der Waals surface area contributed by atoms with E-state index in [9.17, 15) is 4.79 Å². The minimum Gasteiger partial charge on any atom is -0.360 e. The van der Waals surface area contributed by atoms with E-state index in [2.05, 4.69) is 40.0 Å². The van der Waals surface area contributed by atoms with Gasteiger partial charge in [0.25, 0.3) is 5.91 Å². The highest BCUT2D eigenvalue weighted by atomic mass is 127. The molecule has 1 unspecified atom stereocenters. The van der Waals surface area contributed by atoms with Gasteiger partial charge in [-0.1, -0.05) is 30.3 Å². The molecule has 1 atom stereocenters. The fraction of sp³-hybridized carbons (Fsp3) is 0.0556. The lowest BCUT2D eigenvalue weighted by molar-refractivity contribution is 0.0975. The fourth-order valence-electron chi connectivity index (χ4n) is 2.78. The van der Waals surface area contributed by atoms with Crippen molar-refractivity contribution in [3.05, 3.63) is 80.1 Å². The third kappa shape index (κ3) is 2.64. The first-order chi connectivity index (χ1) is 11.2. The highest BCUT2D eigenvalue weighted by Gasteiger charge is 2.34. The molecule has 3 aromatic rings. The largest absolute Gasteiger partial charge is 0.360 e. The quantitative estimate of drug-likeness (QED) is 0.570. The first-order valence-electron chi connectivity index (χ1n) is 7.23. The number of anilines is 2. The van der Waals surface area contributed by atoms with Gasteiger partial charge in [0.2, 0.25) is 0 Å². The molecule has 1 N–H and O–H groups in total. The zero-order chi connectivity index (χ0) is 15.8. The van der Waals surface area contributed by atoms with Gasteiger partial charge in [-0.05, 0) is 59.0 Å². The number of halogens is 1. The molecule has 3 nitrogen and oxygen atoms in total. The van der Waals surface area contributed by atoms with Crippen LogP contribution in [0.1, 0.15) is 21.4 Å². The maximum absolute atomic E-state index is 13.1. The molecule has 0 saturated heterocycles. The molecule has 1 aliphatic heterocycles. The summed E-state index contributed by atoms with van der Waals surface area (Å²) in [7, 11) is 0. The summed E-state index contributed by atoms with van der Waals surface area (Å²) >= 11 is 4.01. The number of amides is 1. The fourth-order valence-corrected chi connectivity index (χ4v) is 4.50. The van der Waals surface area contributed by atoms with Gasteiger partial charge in [0, 0.05) is 16.3 Å². The third-order valence-corrected chi connectivity index (χ3v) is 5.77. The third-order valence-electron chi connectivity index (χ3n) is 3.82. The van der Waals surface area contributed by atoms with Gasteiger partial charge >= 0.3 is 0 Å². The van der Waals surface area contributed by atoms with E-state index < -0.39 is 0 Å². The molecule has 23 heavy (non-hydrogen) atoms. The summed E-state index contributed by atoms with van der Waals surface area (Å²) in [4.78, 5) is 16.1. The van der Waals surface area contributed by atoms with Crippen LogP contribution in [-0.2, 0) is 0 Å². The maximum Gasteiger partial charge on any atom is 0.262 e. The first kappa shape index (κ1) is 14.7. The predicted octanol–water partition coefficient (Wildman–Crippen LogP) is 5.12. The maximum atomic E-state index is 13.1. The van der Waals surface area contributed by atoms with Crippen LogP contribution >= 0.6 is 33.9 Å². The van der Waals surface area contributed by atoms with Crippen molar-refractivity contribution in [3.63, 3.8) is 0 Å². The van der Waals surface area contributed by atoms with Crippen LogP contribution in [0.25, 0.3) is 0 Å². The molecular formula is C18H13IN2OS. The highest BCUT2D eigenvalue weighted by Crippen LogP contribution is 2.38. The van der Waals surface area contributed by atoms with Gasteiger partial charge in [-0.2, -0.15) is 0 Å². The summed E-state index contributed by atoms with van der Waals surface area (Å²) in [5.41, 5.74) is 2.49. The second kappa shape index (κ2) is 5.98. The van der Waals surface area contributed by atoms with E-state index in [1.807, 2.05) is 59.5 Å². The number of fused-ring (bicyclic) bond motifs is 1. The summed E-state index contributed by atoms with van der Waals surface area (Å²) in [5, 5.41) is 3.52. The Kier molecular flexibility index (Phi) is 3.82. The Morgan fingerprint density at radius 1 is 0.957 bits per heavy atom. The lowest BCUT2D eigenvalue weighted by Crippen LogP contribution is -2.42. The highest BCUT2D eigenvalue weighted by molar-refractivity contribution is 14.1. The second-order valence-corrected chi connectivity index (χ2v) is 8.25. The smallest absolute Gasteiger partial charge is 0.262 e. The second-order valence-electron chi connectivity index (χ2n) is 5.25. The van der Waals surface area contributed by atoms with Crippen LogP contribution in [0.5, 0.6) is 0 Å². The molecule has 0 fully saturated rings. The average Bonchev–Trinajstić information content (AvgIpc) is 3.02. The molecule has 1 aliphatic rings. The molecule has 2 heterocycles. The summed E-state index contributed by atoms with van der Waals surface area (Å²) in [6.45, 7) is 0. The molecule has 4 rings (SSSR count). The first-order valence-corrected chi connectivity index (χ1v) is 9.13. The molecule has 0 radical (unpaired) electrons. The van der Waals surface area contributed by atoms with Crippen molar-refractivity contribution in [1.82, 2.24) is 0 Å². The van der Waals surface area contributed by atoms with Crippen molar-refractivity contribution in [1.29, 1.82) is 0 Å². The number of hydrogen-bond acceptors (Lipinski definition) is 3. The predicted molar refractivity (Wildman–Crippen MR) is 103 cm³/mol. The number of carbonyl (C=O) groups excluding carboxylic acids is 1. The van der Waals surface area contributed by atoms with E-state index in [1.165, 1.54) is 2.88 Å². The Morgan fingerprint density at radius 3 is 2.43 bits per heavy atom. The van der Waals surface area contributed by atoms with Gasteiger partial charge in [-0.25, -0.2) is 0 Å². The van der Waals surface area contributed by atoms with Gasteiger partial charge in [0.15, 0.2) is 0 Å². The van der Waals surface area contributed by atoms with Gasteiger partial charge in [-0.3, -0.25) is 9.69 Å². The molecule has 1 amide bonds. The lowest BCUT2D eigenvalue weighted by atomic mass is 10.1. The van der Waals surface area contributed by atoms with E-state index in [0.717, 1.165) is 16.3 Å². The van der Waals surface area contributed by atoms with E-state index >= 15 is 0 Å². The van der Waals surface area contributed by atoms with Crippen LogP contribution in [0.2, 0.25) is 0 Å². The van der Waals surface area contributed by atoms with Crippen LogP contribution in [0.4, 0.5) is 11.4 Å². The number of para-hydroxylation sites is 2. The molecule has 1 aromatic heterocycles. The number of rotatable bonds is 2. The molecule has 2 aromatic carbocycles. The molecule has 0 spiro atoms. The van der Waals surface area contributed by atoms with Crippen molar-refractivity contribution in [3.8, 4) is 0 Å². The standard InChI is InChI=1S/C18H13IN2OS/c19-16-11-10-15(23-16)17-20-14-9-5-4-8-13(14)18(22)21(17)12-6-2-1-3-7-12/h1-11,17,20H. The summed E-state index contributed by atoms with van der Waals surface area (Å²) in [6.07, 6.45) is -0.187. The van der Waals surface area contributed by atoms with Gasteiger partial charge < -0.3 is 5.32 Å². The Morgan fingerprint density at radius 2 is 1.70 bits per heavy atom. The SMILES string of the molecule is O=C1c2ccccc2NC(c2ccc(I)s2)N1c1ccccc1. The van der Waals surface area contributed by atoms with E-state index in [4.69, 9.17) is 0 Å². The van der Waals surface area contributed by atoms with Gasteiger partial charge in [-0.15, -0.1) is 11.3 Å². The number of carbonyl (C=O) groups is 1. The van der Waals surface area contributed by atoms with Crippen LogP contribution in [-0.4, -0.2) is 5.91 Å². The van der Waals surface area contributed by atoms with Crippen LogP contribution in [0.15, 0.2) is 66.7 Å². The normalized spacial score (nSPS) is 16.8. The number of benzene rings is 2. The molecule has 0 bridgehead atoms. The van der Waals surface area contributed by atoms with Crippen molar-refractivity contribution < 1.29 is 4.79 Å². The number of hydrogen-bond donors (Lipinski definition) is 1. The van der Waals surface area contributed by atoms with Crippen molar-refractivity contribution in [2.45, 2.75) is 6.17 Å². The van der Waals surface area contributed by atoms with Gasteiger partial charge in [0.1, 0.15) is 6.17 Å². The molecule has 114 valence electrons. The zero-order valence-corrected chi connectivity index (χ0v) is 15.0. The van der Waals surface area contributed by atoms with Crippen LogP contribution in [0.3, 0.4) is 0 Å². The minimum absolute atomic E-state index is 0.0268. The van der Waals surface area contributed by atoms with Crippen molar-refractivity contribution in [2.75, 3.05) is 10.2 Å². The minimum atomic E-state index is -0.187. The number of nitrogens with one attached hydrogen (secondary N) is 1. The van der Waals surface area contributed by atoms with E-state index in [-0.39, 0.29) is 12.1 Å². The summed E-state index contributed by atoms with van der Waals surface area (Å²) in [6, 6.07) is 21.7. The lowest BCUT2D eigenvalue weighted by Gasteiger charge is -2.37. The molecule has 5 heteroatoms. The number of thiophene rings is 1. The Hall–Kier alpha value is -1.86.